The first-order chi connectivity index (χ1) is 11.3. The molecule has 0 spiro atoms. The fourth-order valence-electron chi connectivity index (χ4n) is 2.85. The van der Waals surface area contributed by atoms with E-state index in [1.165, 1.54) is 11.1 Å². The standard InChI is InChI=1S/C21H21NO/c1-22-19-14-18(13-16-9-5-3-6-10-16)21(23-2)20(15-19)17-11-7-4-8-12-17/h3-12,14-15,22H,13H2,1-2H3. The number of benzene rings is 3. The van der Waals surface area contributed by atoms with Crippen molar-refractivity contribution >= 4 is 5.69 Å². The summed E-state index contributed by atoms with van der Waals surface area (Å²) in [5, 5.41) is 3.26. The van der Waals surface area contributed by atoms with Crippen molar-refractivity contribution in [3.8, 4) is 16.9 Å². The van der Waals surface area contributed by atoms with E-state index in [-0.39, 0.29) is 0 Å². The lowest BCUT2D eigenvalue weighted by molar-refractivity contribution is 0.412. The minimum atomic E-state index is 0.847. The zero-order chi connectivity index (χ0) is 16.1. The highest BCUT2D eigenvalue weighted by atomic mass is 16.5. The predicted octanol–water partition coefficient (Wildman–Crippen LogP) is 4.99. The van der Waals surface area contributed by atoms with Gasteiger partial charge in [-0.05, 0) is 23.3 Å². The summed E-state index contributed by atoms with van der Waals surface area (Å²) in [6.45, 7) is 0. The zero-order valence-electron chi connectivity index (χ0n) is 13.5. The van der Waals surface area contributed by atoms with Gasteiger partial charge in [-0.15, -0.1) is 0 Å². The molecule has 1 N–H and O–H groups in total. The van der Waals surface area contributed by atoms with Gasteiger partial charge in [-0.3, -0.25) is 0 Å². The molecule has 0 atom stereocenters. The van der Waals surface area contributed by atoms with E-state index in [4.69, 9.17) is 4.74 Å². The van der Waals surface area contributed by atoms with E-state index in [9.17, 15) is 0 Å². The maximum absolute atomic E-state index is 5.77. The number of anilines is 1. The molecule has 0 aromatic heterocycles. The van der Waals surface area contributed by atoms with E-state index in [0.29, 0.717) is 0 Å². The molecule has 3 rings (SSSR count). The van der Waals surface area contributed by atoms with E-state index in [2.05, 4.69) is 66.0 Å². The van der Waals surface area contributed by atoms with E-state index < -0.39 is 0 Å². The van der Waals surface area contributed by atoms with Crippen LogP contribution in [-0.2, 0) is 6.42 Å². The largest absolute Gasteiger partial charge is 0.496 e. The lowest BCUT2D eigenvalue weighted by atomic mass is 9.96. The molecule has 3 aromatic rings. The van der Waals surface area contributed by atoms with Crippen LogP contribution in [0.25, 0.3) is 11.1 Å². The third kappa shape index (κ3) is 3.37. The van der Waals surface area contributed by atoms with Crippen molar-refractivity contribution in [2.45, 2.75) is 6.42 Å². The summed E-state index contributed by atoms with van der Waals surface area (Å²) in [5.41, 5.74) is 5.83. The normalized spacial score (nSPS) is 10.3. The van der Waals surface area contributed by atoms with Gasteiger partial charge in [0, 0.05) is 30.3 Å². The molecule has 2 nitrogen and oxygen atoms in total. The quantitative estimate of drug-likeness (QED) is 0.716. The van der Waals surface area contributed by atoms with Crippen LogP contribution in [0.4, 0.5) is 5.69 Å². The summed E-state index contributed by atoms with van der Waals surface area (Å²) in [7, 11) is 3.69. The van der Waals surface area contributed by atoms with Gasteiger partial charge in [-0.2, -0.15) is 0 Å². The second-order valence-electron chi connectivity index (χ2n) is 5.49. The summed E-state index contributed by atoms with van der Waals surface area (Å²) >= 11 is 0. The van der Waals surface area contributed by atoms with Crippen LogP contribution in [0.5, 0.6) is 5.75 Å². The molecule has 0 saturated carbocycles. The van der Waals surface area contributed by atoms with Gasteiger partial charge in [0.05, 0.1) is 7.11 Å². The van der Waals surface area contributed by atoms with Gasteiger partial charge in [0.15, 0.2) is 0 Å². The van der Waals surface area contributed by atoms with Gasteiger partial charge in [0.1, 0.15) is 5.75 Å². The molecular formula is C21H21NO. The number of hydrogen-bond acceptors (Lipinski definition) is 2. The molecule has 0 fully saturated rings. The molecule has 2 heteroatoms. The average molecular weight is 303 g/mol. The van der Waals surface area contributed by atoms with Crippen molar-refractivity contribution in [3.63, 3.8) is 0 Å². The molecule has 0 unspecified atom stereocenters. The Kier molecular flexibility index (Phi) is 4.62. The lowest BCUT2D eigenvalue weighted by Crippen LogP contribution is -1.99. The number of methoxy groups -OCH3 is 1. The maximum atomic E-state index is 5.77. The van der Waals surface area contributed by atoms with Gasteiger partial charge >= 0.3 is 0 Å². The molecule has 0 radical (unpaired) electrons. The molecule has 0 saturated heterocycles. The van der Waals surface area contributed by atoms with Crippen LogP contribution in [0.1, 0.15) is 11.1 Å². The highest BCUT2D eigenvalue weighted by Gasteiger charge is 2.13. The summed E-state index contributed by atoms with van der Waals surface area (Å²) < 4.78 is 5.77. The number of ether oxygens (including phenoxy) is 1. The summed E-state index contributed by atoms with van der Waals surface area (Å²) in [6, 6.07) is 25.2. The first kappa shape index (κ1) is 15.2. The van der Waals surface area contributed by atoms with Crippen LogP contribution in [0.2, 0.25) is 0 Å². The summed E-state index contributed by atoms with van der Waals surface area (Å²) in [6.07, 6.45) is 0.847. The fraction of sp³-hybridized carbons (Fsp3) is 0.143. The van der Waals surface area contributed by atoms with Crippen LogP contribution < -0.4 is 10.1 Å². The molecule has 0 aliphatic rings. The molecule has 116 valence electrons. The van der Waals surface area contributed by atoms with E-state index in [0.717, 1.165) is 29.0 Å². The van der Waals surface area contributed by atoms with Crippen molar-refractivity contribution in [1.29, 1.82) is 0 Å². The molecule has 0 aliphatic carbocycles. The molecule has 0 bridgehead atoms. The Hall–Kier alpha value is -2.74. The molecule has 3 aromatic carbocycles. The third-order valence-corrected chi connectivity index (χ3v) is 3.98. The Morgan fingerprint density at radius 2 is 1.52 bits per heavy atom. The Morgan fingerprint density at radius 3 is 2.13 bits per heavy atom. The molecule has 23 heavy (non-hydrogen) atoms. The van der Waals surface area contributed by atoms with Crippen LogP contribution in [0.15, 0.2) is 72.8 Å². The van der Waals surface area contributed by atoms with Gasteiger partial charge in [0.25, 0.3) is 0 Å². The lowest BCUT2D eigenvalue weighted by Gasteiger charge is -2.16. The van der Waals surface area contributed by atoms with Crippen LogP contribution in [-0.4, -0.2) is 14.2 Å². The number of hydrogen-bond donors (Lipinski definition) is 1. The summed E-state index contributed by atoms with van der Waals surface area (Å²) in [4.78, 5) is 0. The highest BCUT2D eigenvalue weighted by Crippen LogP contribution is 2.37. The number of rotatable bonds is 5. The van der Waals surface area contributed by atoms with Crippen LogP contribution in [0.3, 0.4) is 0 Å². The van der Waals surface area contributed by atoms with Crippen molar-refractivity contribution < 1.29 is 4.74 Å². The Labute approximate surface area is 137 Å². The van der Waals surface area contributed by atoms with E-state index in [1.54, 1.807) is 7.11 Å². The van der Waals surface area contributed by atoms with Gasteiger partial charge < -0.3 is 10.1 Å². The van der Waals surface area contributed by atoms with Crippen molar-refractivity contribution in [1.82, 2.24) is 0 Å². The maximum Gasteiger partial charge on any atom is 0.130 e. The minimum absolute atomic E-state index is 0.847. The Balaban J connectivity index is 2.11. The average Bonchev–Trinajstić information content (AvgIpc) is 2.62. The molecule has 0 aliphatic heterocycles. The SMILES string of the molecule is CNc1cc(Cc2ccccc2)c(OC)c(-c2ccccc2)c1. The minimum Gasteiger partial charge on any atom is -0.496 e. The van der Waals surface area contributed by atoms with Gasteiger partial charge in [0.2, 0.25) is 0 Å². The topological polar surface area (TPSA) is 21.3 Å². The van der Waals surface area contributed by atoms with E-state index in [1.807, 2.05) is 19.2 Å². The first-order valence-electron chi connectivity index (χ1n) is 7.80. The Bertz CT molecular complexity index is 767. The smallest absolute Gasteiger partial charge is 0.130 e. The molecule has 0 heterocycles. The second-order valence-corrected chi connectivity index (χ2v) is 5.49. The monoisotopic (exact) mass is 303 g/mol. The predicted molar refractivity (Wildman–Crippen MR) is 97.2 cm³/mol. The Morgan fingerprint density at radius 1 is 0.870 bits per heavy atom. The van der Waals surface area contributed by atoms with Crippen molar-refractivity contribution in [2.24, 2.45) is 0 Å². The zero-order valence-corrected chi connectivity index (χ0v) is 13.5. The first-order valence-corrected chi connectivity index (χ1v) is 7.80. The number of nitrogens with one attached hydrogen (secondary N) is 1. The van der Waals surface area contributed by atoms with Crippen LogP contribution >= 0.6 is 0 Å². The second kappa shape index (κ2) is 7.01. The van der Waals surface area contributed by atoms with E-state index >= 15 is 0 Å². The van der Waals surface area contributed by atoms with Gasteiger partial charge in [-0.1, -0.05) is 60.7 Å². The molecular weight excluding hydrogens is 282 g/mol. The van der Waals surface area contributed by atoms with Gasteiger partial charge in [-0.25, -0.2) is 0 Å². The molecule has 0 amide bonds. The fourth-order valence-corrected chi connectivity index (χ4v) is 2.85. The van der Waals surface area contributed by atoms with Crippen molar-refractivity contribution in [2.75, 3.05) is 19.5 Å². The third-order valence-electron chi connectivity index (χ3n) is 3.98. The highest BCUT2D eigenvalue weighted by molar-refractivity contribution is 5.76. The summed E-state index contributed by atoms with van der Waals surface area (Å²) in [5.74, 6) is 0.944. The van der Waals surface area contributed by atoms with Crippen LogP contribution in [0, 0.1) is 0 Å². The van der Waals surface area contributed by atoms with Crippen molar-refractivity contribution in [3.05, 3.63) is 83.9 Å².